The molecule has 0 radical (unpaired) electrons. The first-order valence-corrected chi connectivity index (χ1v) is 8.83. The summed E-state index contributed by atoms with van der Waals surface area (Å²) in [7, 11) is -3.17. The van der Waals surface area contributed by atoms with Gasteiger partial charge in [0.2, 0.25) is 0 Å². The van der Waals surface area contributed by atoms with Crippen LogP contribution in [0.4, 0.5) is 10.5 Å². The van der Waals surface area contributed by atoms with Crippen LogP contribution in [0.15, 0.2) is 29.2 Å². The quantitative estimate of drug-likeness (QED) is 0.783. The smallest absolute Gasteiger partial charge is 0.407 e. The Balaban J connectivity index is 2.39. The lowest BCUT2D eigenvalue weighted by Crippen LogP contribution is -2.34. The van der Waals surface area contributed by atoms with Crippen LogP contribution in [-0.2, 0) is 14.6 Å². The van der Waals surface area contributed by atoms with Gasteiger partial charge in [0.05, 0.1) is 10.6 Å². The van der Waals surface area contributed by atoms with E-state index in [9.17, 15) is 13.2 Å². The number of hydrogen-bond acceptors (Lipinski definition) is 5. The van der Waals surface area contributed by atoms with E-state index in [1.165, 1.54) is 0 Å². The number of hydrogen-bond donors (Lipinski definition) is 2. The van der Waals surface area contributed by atoms with Crippen molar-refractivity contribution in [2.45, 2.75) is 38.2 Å². The number of amides is 1. The van der Waals surface area contributed by atoms with Crippen molar-refractivity contribution < 1.29 is 17.9 Å². The monoisotopic (exact) mass is 328 g/mol. The summed E-state index contributed by atoms with van der Waals surface area (Å²) in [5, 5.41) is 5.73. The highest BCUT2D eigenvalue weighted by molar-refractivity contribution is 7.91. The van der Waals surface area contributed by atoms with Gasteiger partial charge in [-0.25, -0.2) is 13.2 Å². The van der Waals surface area contributed by atoms with E-state index in [0.717, 1.165) is 5.69 Å². The molecule has 0 bridgehead atoms. The Morgan fingerprint density at radius 1 is 1.14 bits per heavy atom. The van der Waals surface area contributed by atoms with Crippen LogP contribution in [0.1, 0.15) is 27.7 Å². The molecular formula is C15H24N2O4S. The molecule has 0 saturated carbocycles. The second-order valence-corrected chi connectivity index (χ2v) is 8.06. The van der Waals surface area contributed by atoms with Crippen molar-refractivity contribution in [2.75, 3.05) is 24.2 Å². The highest BCUT2D eigenvalue weighted by Crippen LogP contribution is 2.15. The van der Waals surface area contributed by atoms with Crippen molar-refractivity contribution in [1.82, 2.24) is 5.32 Å². The molecule has 7 heteroatoms. The average Bonchev–Trinajstić information content (AvgIpc) is 2.42. The first-order valence-electron chi connectivity index (χ1n) is 7.17. The summed E-state index contributed by atoms with van der Waals surface area (Å²) in [6.45, 7) is 7.94. The normalized spacial score (nSPS) is 11.8. The summed E-state index contributed by atoms with van der Waals surface area (Å²) in [5.74, 6) is 0.0829. The molecule has 0 aliphatic carbocycles. The number of carbonyl (C=O) groups is 1. The summed E-state index contributed by atoms with van der Waals surface area (Å²) < 4.78 is 28.5. The lowest BCUT2D eigenvalue weighted by atomic mass is 10.2. The number of anilines is 1. The zero-order valence-corrected chi connectivity index (χ0v) is 14.3. The van der Waals surface area contributed by atoms with Gasteiger partial charge < -0.3 is 15.4 Å². The Morgan fingerprint density at radius 2 is 1.73 bits per heavy atom. The highest BCUT2D eigenvalue weighted by Gasteiger charge is 2.15. The van der Waals surface area contributed by atoms with Gasteiger partial charge in [-0.05, 0) is 45.0 Å². The molecule has 2 N–H and O–H groups in total. The van der Waals surface area contributed by atoms with Crippen LogP contribution in [0.5, 0.6) is 0 Å². The van der Waals surface area contributed by atoms with Crippen molar-refractivity contribution in [3.63, 3.8) is 0 Å². The van der Waals surface area contributed by atoms with E-state index in [1.807, 2.05) is 0 Å². The second kappa shape index (κ2) is 7.49. The highest BCUT2D eigenvalue weighted by atomic mass is 32.2. The Morgan fingerprint density at radius 3 is 2.23 bits per heavy atom. The molecule has 0 aromatic heterocycles. The summed E-state index contributed by atoms with van der Waals surface area (Å²) in [6.07, 6.45) is -0.460. The number of rotatable bonds is 6. The van der Waals surface area contributed by atoms with Gasteiger partial charge in [0.15, 0.2) is 9.84 Å². The molecule has 1 amide bonds. The third-order valence-corrected chi connectivity index (χ3v) is 4.47. The van der Waals surface area contributed by atoms with E-state index in [-0.39, 0.29) is 5.75 Å². The lowest BCUT2D eigenvalue weighted by Gasteiger charge is -2.19. The standard InChI is InChI=1S/C15H24N2O4S/c1-5-22(19,20)13-8-6-12(7-9-13)16-10-11-17-14(18)21-15(2,3)4/h6-9,16H,5,10-11H2,1-4H3,(H,17,18). The molecule has 0 spiro atoms. The van der Waals surface area contributed by atoms with Crippen LogP contribution in [0.3, 0.4) is 0 Å². The number of nitrogens with one attached hydrogen (secondary N) is 2. The molecule has 124 valence electrons. The number of benzene rings is 1. The van der Waals surface area contributed by atoms with Crippen LogP contribution >= 0.6 is 0 Å². The van der Waals surface area contributed by atoms with Gasteiger partial charge in [-0.2, -0.15) is 0 Å². The number of carbonyl (C=O) groups excluding carboxylic acids is 1. The molecule has 0 fully saturated rings. The minimum atomic E-state index is -3.17. The zero-order chi connectivity index (χ0) is 16.8. The number of alkyl carbamates (subject to hydrolysis) is 1. The SMILES string of the molecule is CCS(=O)(=O)c1ccc(NCCNC(=O)OC(C)(C)C)cc1. The molecule has 0 unspecified atom stereocenters. The van der Waals surface area contributed by atoms with E-state index in [4.69, 9.17) is 4.74 Å². The van der Waals surface area contributed by atoms with Gasteiger partial charge in [0.25, 0.3) is 0 Å². The fourth-order valence-electron chi connectivity index (χ4n) is 1.63. The maximum Gasteiger partial charge on any atom is 0.407 e. The lowest BCUT2D eigenvalue weighted by molar-refractivity contribution is 0.0530. The third kappa shape index (κ3) is 6.34. The Kier molecular flexibility index (Phi) is 6.22. The van der Waals surface area contributed by atoms with Crippen molar-refractivity contribution >= 4 is 21.6 Å². The predicted octanol–water partition coefficient (Wildman–Crippen LogP) is 2.42. The molecule has 6 nitrogen and oxygen atoms in total. The molecule has 1 aromatic rings. The van der Waals surface area contributed by atoms with Crippen LogP contribution in [0.25, 0.3) is 0 Å². The maximum absolute atomic E-state index is 11.7. The van der Waals surface area contributed by atoms with Crippen molar-refractivity contribution in [1.29, 1.82) is 0 Å². The summed E-state index contributed by atoms with van der Waals surface area (Å²) in [4.78, 5) is 11.7. The van der Waals surface area contributed by atoms with Crippen LogP contribution in [-0.4, -0.2) is 39.0 Å². The third-order valence-electron chi connectivity index (χ3n) is 2.72. The molecule has 1 rings (SSSR count). The first-order chi connectivity index (χ1) is 10.1. The van der Waals surface area contributed by atoms with Crippen molar-refractivity contribution in [3.05, 3.63) is 24.3 Å². The second-order valence-electron chi connectivity index (χ2n) is 5.78. The zero-order valence-electron chi connectivity index (χ0n) is 13.5. The minimum Gasteiger partial charge on any atom is -0.444 e. The van der Waals surface area contributed by atoms with Crippen LogP contribution in [0.2, 0.25) is 0 Å². The molecule has 0 aliphatic rings. The van der Waals surface area contributed by atoms with Gasteiger partial charge in [-0.1, -0.05) is 6.92 Å². The van der Waals surface area contributed by atoms with E-state index < -0.39 is 21.5 Å². The summed E-state index contributed by atoms with van der Waals surface area (Å²) in [6, 6.07) is 6.55. The molecule has 0 heterocycles. The van der Waals surface area contributed by atoms with E-state index in [1.54, 1.807) is 52.0 Å². The molecule has 0 saturated heterocycles. The van der Waals surface area contributed by atoms with Crippen LogP contribution in [0, 0.1) is 0 Å². The predicted molar refractivity (Wildman–Crippen MR) is 86.9 cm³/mol. The summed E-state index contributed by atoms with van der Waals surface area (Å²) >= 11 is 0. The van der Waals surface area contributed by atoms with Gasteiger partial charge in [-0.3, -0.25) is 0 Å². The van der Waals surface area contributed by atoms with E-state index >= 15 is 0 Å². The minimum absolute atomic E-state index is 0.0829. The number of sulfone groups is 1. The topological polar surface area (TPSA) is 84.5 Å². The van der Waals surface area contributed by atoms with E-state index in [2.05, 4.69) is 10.6 Å². The fraction of sp³-hybridized carbons (Fsp3) is 0.533. The van der Waals surface area contributed by atoms with E-state index in [0.29, 0.717) is 18.0 Å². The summed E-state index contributed by atoms with van der Waals surface area (Å²) in [5.41, 5.74) is 0.277. The molecule has 0 atom stereocenters. The molecule has 22 heavy (non-hydrogen) atoms. The van der Waals surface area contributed by atoms with Crippen LogP contribution < -0.4 is 10.6 Å². The van der Waals surface area contributed by atoms with Gasteiger partial charge in [0.1, 0.15) is 5.60 Å². The molecule has 0 aliphatic heterocycles. The van der Waals surface area contributed by atoms with Gasteiger partial charge in [0, 0.05) is 18.8 Å². The van der Waals surface area contributed by atoms with Crippen molar-refractivity contribution in [2.24, 2.45) is 0 Å². The Hall–Kier alpha value is -1.76. The largest absolute Gasteiger partial charge is 0.444 e. The molecule has 1 aromatic carbocycles. The number of ether oxygens (including phenoxy) is 1. The Labute approximate surface area is 132 Å². The molecular weight excluding hydrogens is 304 g/mol. The maximum atomic E-state index is 11.7. The van der Waals surface area contributed by atoms with Gasteiger partial charge in [-0.15, -0.1) is 0 Å². The van der Waals surface area contributed by atoms with Crippen molar-refractivity contribution in [3.8, 4) is 0 Å². The average molecular weight is 328 g/mol. The Bertz CT molecular complexity index is 589. The fourth-order valence-corrected chi connectivity index (χ4v) is 2.52. The first kappa shape index (κ1) is 18.3. The van der Waals surface area contributed by atoms with Gasteiger partial charge >= 0.3 is 6.09 Å².